The number of carbonyl (C=O) groups is 2. The number of hydrogen-bond donors (Lipinski definition) is 1. The number of carbonyl (C=O) groups excluding carboxylic acids is 2. The monoisotopic (exact) mass is 478 g/mol. The lowest BCUT2D eigenvalue weighted by Crippen LogP contribution is -2.43. The Kier molecular flexibility index (Phi) is 7.29. The van der Waals surface area contributed by atoms with Crippen molar-refractivity contribution >= 4 is 28.3 Å². The van der Waals surface area contributed by atoms with Crippen molar-refractivity contribution in [2.24, 2.45) is 5.92 Å². The largest absolute Gasteiger partial charge is 0.496 e. The minimum Gasteiger partial charge on any atom is -0.496 e. The van der Waals surface area contributed by atoms with Gasteiger partial charge in [0.25, 0.3) is 5.91 Å². The standard InChI is InChI=1S/C27H30N2O6/c1-32-22-12-11-21(19-9-5-6-10-20(19)22)27(31)29-13-7-8-17(16-29)26(30)28-18-14-23(33-2)25(35-4)24(15-18)34-3/h5-6,9-12,14-15,17H,7-8,13,16H2,1-4H3,(H,28,30)/t17-/m1/s1. The summed E-state index contributed by atoms with van der Waals surface area (Å²) in [5.74, 6) is 1.50. The van der Waals surface area contributed by atoms with Crippen LogP contribution in [0.2, 0.25) is 0 Å². The quantitative estimate of drug-likeness (QED) is 0.543. The molecule has 8 nitrogen and oxygen atoms in total. The zero-order valence-corrected chi connectivity index (χ0v) is 20.4. The molecular weight excluding hydrogens is 448 g/mol. The van der Waals surface area contributed by atoms with E-state index >= 15 is 0 Å². The van der Waals surface area contributed by atoms with Crippen LogP contribution in [0.5, 0.6) is 23.0 Å². The molecule has 8 heteroatoms. The molecule has 1 heterocycles. The molecule has 1 N–H and O–H groups in total. The van der Waals surface area contributed by atoms with E-state index < -0.39 is 0 Å². The lowest BCUT2D eigenvalue weighted by atomic mass is 9.95. The maximum absolute atomic E-state index is 13.5. The number of benzene rings is 3. The van der Waals surface area contributed by atoms with Gasteiger partial charge < -0.3 is 29.2 Å². The zero-order chi connectivity index (χ0) is 24.9. The Morgan fingerprint density at radius 1 is 0.857 bits per heavy atom. The fourth-order valence-corrected chi connectivity index (χ4v) is 4.58. The van der Waals surface area contributed by atoms with Crippen molar-refractivity contribution in [3.63, 3.8) is 0 Å². The predicted molar refractivity (Wildman–Crippen MR) is 134 cm³/mol. The van der Waals surface area contributed by atoms with Gasteiger partial charge in [-0.3, -0.25) is 9.59 Å². The van der Waals surface area contributed by atoms with Crippen LogP contribution in [0.25, 0.3) is 10.8 Å². The second-order valence-electron chi connectivity index (χ2n) is 8.35. The van der Waals surface area contributed by atoms with Crippen LogP contribution < -0.4 is 24.3 Å². The van der Waals surface area contributed by atoms with Gasteiger partial charge in [0.15, 0.2) is 11.5 Å². The molecule has 184 valence electrons. The number of piperidine rings is 1. The van der Waals surface area contributed by atoms with E-state index in [2.05, 4.69) is 5.32 Å². The van der Waals surface area contributed by atoms with E-state index in [0.29, 0.717) is 48.0 Å². The Labute approximate surface area is 204 Å². The number of amides is 2. The molecule has 0 spiro atoms. The molecule has 0 unspecified atom stereocenters. The first kappa shape index (κ1) is 24.2. The van der Waals surface area contributed by atoms with E-state index in [9.17, 15) is 9.59 Å². The highest BCUT2D eigenvalue weighted by Gasteiger charge is 2.30. The summed E-state index contributed by atoms with van der Waals surface area (Å²) in [6.45, 7) is 0.947. The van der Waals surface area contributed by atoms with Crippen molar-refractivity contribution in [1.29, 1.82) is 0 Å². The third-order valence-electron chi connectivity index (χ3n) is 6.35. The van der Waals surface area contributed by atoms with Crippen LogP contribution >= 0.6 is 0 Å². The minimum atomic E-state index is -0.337. The number of ether oxygens (including phenoxy) is 4. The average molecular weight is 479 g/mol. The van der Waals surface area contributed by atoms with E-state index in [1.807, 2.05) is 30.3 Å². The molecule has 0 bridgehead atoms. The van der Waals surface area contributed by atoms with Crippen molar-refractivity contribution in [1.82, 2.24) is 4.90 Å². The fraction of sp³-hybridized carbons (Fsp3) is 0.333. The summed E-state index contributed by atoms with van der Waals surface area (Å²) in [5.41, 5.74) is 1.14. The summed E-state index contributed by atoms with van der Waals surface area (Å²) >= 11 is 0. The topological polar surface area (TPSA) is 86.3 Å². The van der Waals surface area contributed by atoms with Crippen LogP contribution in [0.4, 0.5) is 5.69 Å². The maximum atomic E-state index is 13.5. The third kappa shape index (κ3) is 4.82. The number of rotatable bonds is 7. The van der Waals surface area contributed by atoms with Crippen LogP contribution in [0.1, 0.15) is 23.2 Å². The van der Waals surface area contributed by atoms with E-state index in [-0.39, 0.29) is 17.7 Å². The second kappa shape index (κ2) is 10.5. The van der Waals surface area contributed by atoms with Crippen molar-refractivity contribution < 1.29 is 28.5 Å². The number of anilines is 1. The Morgan fingerprint density at radius 3 is 2.14 bits per heavy atom. The molecule has 1 aliphatic heterocycles. The Morgan fingerprint density at radius 2 is 1.51 bits per heavy atom. The fourth-order valence-electron chi connectivity index (χ4n) is 4.58. The number of likely N-dealkylation sites (tertiary alicyclic amines) is 1. The number of nitrogens with zero attached hydrogens (tertiary/aromatic N) is 1. The first-order chi connectivity index (χ1) is 17.0. The molecule has 0 aromatic heterocycles. The maximum Gasteiger partial charge on any atom is 0.254 e. The van der Waals surface area contributed by atoms with Crippen LogP contribution in [-0.4, -0.2) is 58.2 Å². The first-order valence-corrected chi connectivity index (χ1v) is 11.5. The number of hydrogen-bond acceptors (Lipinski definition) is 6. The molecule has 2 amide bonds. The molecule has 3 aromatic rings. The van der Waals surface area contributed by atoms with Crippen LogP contribution in [0.3, 0.4) is 0 Å². The lowest BCUT2D eigenvalue weighted by molar-refractivity contribution is -0.121. The highest BCUT2D eigenvalue weighted by molar-refractivity contribution is 6.08. The molecule has 3 aromatic carbocycles. The third-order valence-corrected chi connectivity index (χ3v) is 6.35. The van der Waals surface area contributed by atoms with Crippen molar-refractivity contribution in [2.45, 2.75) is 12.8 Å². The molecule has 1 saturated heterocycles. The molecule has 4 rings (SSSR count). The van der Waals surface area contributed by atoms with Crippen LogP contribution in [0, 0.1) is 5.92 Å². The number of fused-ring (bicyclic) bond motifs is 1. The highest BCUT2D eigenvalue weighted by Crippen LogP contribution is 2.40. The van der Waals surface area contributed by atoms with Crippen LogP contribution in [0.15, 0.2) is 48.5 Å². The van der Waals surface area contributed by atoms with E-state index in [1.165, 1.54) is 21.3 Å². The van der Waals surface area contributed by atoms with Gasteiger partial charge >= 0.3 is 0 Å². The van der Waals surface area contributed by atoms with Crippen molar-refractivity contribution in [2.75, 3.05) is 46.8 Å². The number of nitrogens with one attached hydrogen (secondary N) is 1. The normalized spacial score (nSPS) is 15.4. The van der Waals surface area contributed by atoms with E-state index in [0.717, 1.165) is 22.9 Å². The van der Waals surface area contributed by atoms with Gasteiger partial charge in [-0.1, -0.05) is 24.3 Å². The summed E-state index contributed by atoms with van der Waals surface area (Å²) in [6, 6.07) is 14.7. The SMILES string of the molecule is COc1cc(NC(=O)[C@@H]2CCCN(C(=O)c3ccc(OC)c4ccccc34)C2)cc(OC)c1OC. The second-order valence-corrected chi connectivity index (χ2v) is 8.35. The molecule has 35 heavy (non-hydrogen) atoms. The van der Waals surface area contributed by atoms with E-state index in [1.54, 1.807) is 30.2 Å². The summed E-state index contributed by atoms with van der Waals surface area (Å²) in [4.78, 5) is 28.4. The summed E-state index contributed by atoms with van der Waals surface area (Å²) in [5, 5.41) is 4.67. The molecule has 1 fully saturated rings. The summed E-state index contributed by atoms with van der Waals surface area (Å²) < 4.78 is 21.6. The first-order valence-electron chi connectivity index (χ1n) is 11.5. The van der Waals surface area contributed by atoms with Crippen LogP contribution in [-0.2, 0) is 4.79 Å². The average Bonchev–Trinajstić information content (AvgIpc) is 2.91. The van der Waals surface area contributed by atoms with Gasteiger partial charge in [-0.05, 0) is 30.4 Å². The van der Waals surface area contributed by atoms with Gasteiger partial charge in [-0.25, -0.2) is 0 Å². The zero-order valence-electron chi connectivity index (χ0n) is 20.4. The van der Waals surface area contributed by atoms with Crippen molar-refractivity contribution in [3.05, 3.63) is 54.1 Å². The van der Waals surface area contributed by atoms with Gasteiger partial charge in [0.05, 0.1) is 34.4 Å². The highest BCUT2D eigenvalue weighted by atomic mass is 16.5. The smallest absolute Gasteiger partial charge is 0.254 e. The lowest BCUT2D eigenvalue weighted by Gasteiger charge is -2.32. The predicted octanol–water partition coefficient (Wildman–Crippen LogP) is 4.37. The van der Waals surface area contributed by atoms with E-state index in [4.69, 9.17) is 18.9 Å². The number of methoxy groups -OCH3 is 4. The van der Waals surface area contributed by atoms with Gasteiger partial charge in [0.2, 0.25) is 11.7 Å². The molecule has 1 atom stereocenters. The van der Waals surface area contributed by atoms with Gasteiger partial charge in [-0.2, -0.15) is 0 Å². The Balaban J connectivity index is 1.52. The van der Waals surface area contributed by atoms with Gasteiger partial charge in [-0.15, -0.1) is 0 Å². The summed E-state index contributed by atoms with van der Waals surface area (Å²) in [7, 11) is 6.19. The Bertz CT molecular complexity index is 1220. The van der Waals surface area contributed by atoms with Gasteiger partial charge in [0, 0.05) is 41.9 Å². The molecular formula is C27H30N2O6. The summed E-state index contributed by atoms with van der Waals surface area (Å²) in [6.07, 6.45) is 1.44. The Hall–Kier alpha value is -3.94. The molecule has 0 saturated carbocycles. The minimum absolute atomic E-state index is 0.0888. The van der Waals surface area contributed by atoms with Gasteiger partial charge in [0.1, 0.15) is 5.75 Å². The molecule has 0 radical (unpaired) electrons. The molecule has 0 aliphatic carbocycles. The molecule has 1 aliphatic rings. The van der Waals surface area contributed by atoms with Crippen molar-refractivity contribution in [3.8, 4) is 23.0 Å².